The first-order chi connectivity index (χ1) is 8.38. The van der Waals surface area contributed by atoms with Crippen molar-refractivity contribution in [3.05, 3.63) is 27.8 Å². The number of halogens is 1. The van der Waals surface area contributed by atoms with Crippen molar-refractivity contribution in [2.24, 2.45) is 0 Å². The molecular weight excluding hydrogens is 276 g/mol. The van der Waals surface area contributed by atoms with Gasteiger partial charge in [0.25, 0.3) is 5.69 Å². The highest BCUT2D eigenvalue weighted by Crippen LogP contribution is 2.37. The molecule has 0 atom stereocenters. The molecule has 1 aromatic carbocycles. The van der Waals surface area contributed by atoms with Crippen LogP contribution in [0.1, 0.15) is 12.5 Å². The topological polar surface area (TPSA) is 92.9 Å². The van der Waals surface area contributed by atoms with Gasteiger partial charge in [-0.05, 0) is 12.5 Å². The van der Waals surface area contributed by atoms with Crippen molar-refractivity contribution in [2.45, 2.75) is 13.3 Å². The van der Waals surface area contributed by atoms with Crippen LogP contribution in [0.2, 0.25) is 0 Å². The summed E-state index contributed by atoms with van der Waals surface area (Å²) in [5.41, 5.74) is 0.816. The molecule has 8 heteroatoms. The van der Waals surface area contributed by atoms with Gasteiger partial charge in [0.05, 0.1) is 16.2 Å². The fraction of sp³-hybridized carbons (Fsp3) is 0.364. The van der Waals surface area contributed by atoms with E-state index in [2.05, 4.69) is 4.74 Å². The number of carboxylic acid groups (broad SMARTS) is 1. The van der Waals surface area contributed by atoms with Crippen LogP contribution in [0.5, 0.6) is 5.75 Å². The Bertz CT molecular complexity index is 490. The average Bonchev–Trinajstić information content (AvgIpc) is 2.26. The molecule has 19 heavy (non-hydrogen) atoms. The van der Waals surface area contributed by atoms with E-state index in [1.165, 1.54) is 12.1 Å². The molecule has 1 N–H and O–H groups in total. The van der Waals surface area contributed by atoms with Crippen molar-refractivity contribution < 1.29 is 19.6 Å². The Morgan fingerprint density at radius 3 is 2.42 bits per heavy atom. The van der Waals surface area contributed by atoms with Gasteiger partial charge in [-0.15, -0.1) is 12.4 Å². The largest absolute Gasteiger partial charge is 0.511 e. The number of nitro groups is 1. The smallest absolute Gasteiger partial charge is 0.449 e. The van der Waals surface area contributed by atoms with Crippen LogP contribution < -0.4 is 9.64 Å². The minimum Gasteiger partial charge on any atom is -0.449 e. The lowest BCUT2D eigenvalue weighted by Crippen LogP contribution is -2.16. The molecule has 0 radical (unpaired) electrons. The Balaban J connectivity index is 0.00000324. The van der Waals surface area contributed by atoms with E-state index in [9.17, 15) is 14.9 Å². The number of carbonyl (C=O) groups is 1. The zero-order chi connectivity index (χ0) is 13.9. The molecule has 0 saturated carbocycles. The van der Waals surface area contributed by atoms with Gasteiger partial charge in [-0.25, -0.2) is 4.79 Å². The van der Waals surface area contributed by atoms with Gasteiger partial charge in [0.2, 0.25) is 0 Å². The number of hydrogen-bond acceptors (Lipinski definition) is 5. The highest BCUT2D eigenvalue weighted by atomic mass is 35.5. The van der Waals surface area contributed by atoms with Gasteiger partial charge in [-0.3, -0.25) is 10.1 Å². The molecule has 0 aromatic heterocycles. The molecule has 0 saturated heterocycles. The van der Waals surface area contributed by atoms with Crippen LogP contribution in [0.15, 0.2) is 12.1 Å². The van der Waals surface area contributed by atoms with Gasteiger partial charge < -0.3 is 14.7 Å². The van der Waals surface area contributed by atoms with E-state index < -0.39 is 11.1 Å². The third kappa shape index (κ3) is 3.72. The lowest BCUT2D eigenvalue weighted by atomic mass is 10.1. The number of rotatable bonds is 4. The second-order valence-electron chi connectivity index (χ2n) is 3.78. The number of anilines is 1. The predicted octanol–water partition coefficient (Wildman–Crippen LogP) is 2.70. The summed E-state index contributed by atoms with van der Waals surface area (Å²) in [5.74, 6) is 0.0925. The molecule has 0 heterocycles. The maximum atomic E-state index is 10.9. The zero-order valence-electron chi connectivity index (χ0n) is 10.7. The molecule has 0 aliphatic rings. The molecular formula is C11H15ClN2O5. The highest BCUT2D eigenvalue weighted by molar-refractivity contribution is 5.85. The number of nitro benzene ring substituents is 1. The summed E-state index contributed by atoms with van der Waals surface area (Å²) < 4.78 is 4.64. The van der Waals surface area contributed by atoms with Crippen molar-refractivity contribution in [1.29, 1.82) is 0 Å². The molecule has 106 valence electrons. The Morgan fingerprint density at radius 1 is 1.47 bits per heavy atom. The van der Waals surface area contributed by atoms with E-state index in [0.717, 1.165) is 0 Å². The van der Waals surface area contributed by atoms with Crippen molar-refractivity contribution in [3.8, 4) is 5.75 Å². The number of nitrogens with zero attached hydrogens (tertiary/aromatic N) is 2. The molecule has 1 aromatic rings. The van der Waals surface area contributed by atoms with Gasteiger partial charge in [-0.2, -0.15) is 0 Å². The van der Waals surface area contributed by atoms with Gasteiger partial charge >= 0.3 is 6.16 Å². The van der Waals surface area contributed by atoms with E-state index in [-0.39, 0.29) is 23.8 Å². The first-order valence-electron chi connectivity index (χ1n) is 5.26. The third-order valence-electron chi connectivity index (χ3n) is 2.42. The average molecular weight is 291 g/mol. The SMILES string of the molecule is CCc1c([N+](=O)[O-])ccc(OC(=O)O)c1N(C)C.Cl. The quantitative estimate of drug-likeness (QED) is 0.396. The van der Waals surface area contributed by atoms with Crippen molar-refractivity contribution in [2.75, 3.05) is 19.0 Å². The van der Waals surface area contributed by atoms with Gasteiger partial charge in [0, 0.05) is 20.2 Å². The number of hydrogen-bond donors (Lipinski definition) is 1. The van der Waals surface area contributed by atoms with Crippen molar-refractivity contribution >= 4 is 29.9 Å². The van der Waals surface area contributed by atoms with Crippen LogP contribution in [0.4, 0.5) is 16.2 Å². The van der Waals surface area contributed by atoms with Gasteiger partial charge in [0.15, 0.2) is 5.75 Å². The summed E-state index contributed by atoms with van der Waals surface area (Å²) in [6, 6.07) is 2.55. The van der Waals surface area contributed by atoms with Gasteiger partial charge in [-0.1, -0.05) is 6.92 Å². The minimum atomic E-state index is -1.45. The lowest BCUT2D eigenvalue weighted by Gasteiger charge is -2.19. The van der Waals surface area contributed by atoms with Crippen LogP contribution in [-0.2, 0) is 6.42 Å². The first-order valence-corrected chi connectivity index (χ1v) is 5.26. The van der Waals surface area contributed by atoms with E-state index >= 15 is 0 Å². The van der Waals surface area contributed by atoms with E-state index in [0.29, 0.717) is 17.7 Å². The summed E-state index contributed by atoms with van der Waals surface area (Å²) in [4.78, 5) is 22.6. The molecule has 1 rings (SSSR count). The van der Waals surface area contributed by atoms with Crippen molar-refractivity contribution in [1.82, 2.24) is 0 Å². The maximum Gasteiger partial charge on any atom is 0.511 e. The standard InChI is InChI=1S/C11H14N2O5.ClH/c1-4-7-8(13(16)17)5-6-9(18-11(14)15)10(7)12(2)3;/h5-6H,4H2,1-3H3,(H,14,15);1H. The molecule has 0 fully saturated rings. The second kappa shape index (κ2) is 6.79. The fourth-order valence-corrected chi connectivity index (χ4v) is 1.79. The summed E-state index contributed by atoms with van der Waals surface area (Å²) in [6.45, 7) is 1.76. The van der Waals surface area contributed by atoms with E-state index in [4.69, 9.17) is 5.11 Å². The molecule has 0 aliphatic heterocycles. The number of benzene rings is 1. The van der Waals surface area contributed by atoms with Crippen LogP contribution in [0.25, 0.3) is 0 Å². The molecule has 0 spiro atoms. The van der Waals surface area contributed by atoms with Crippen LogP contribution >= 0.6 is 12.4 Å². The van der Waals surface area contributed by atoms with Crippen LogP contribution in [0, 0.1) is 10.1 Å². The monoisotopic (exact) mass is 290 g/mol. The summed E-state index contributed by atoms with van der Waals surface area (Å²) in [6.07, 6.45) is -1.05. The third-order valence-corrected chi connectivity index (χ3v) is 2.42. The highest BCUT2D eigenvalue weighted by Gasteiger charge is 2.22. The first kappa shape index (κ1) is 17.0. The van der Waals surface area contributed by atoms with Gasteiger partial charge in [0.1, 0.15) is 0 Å². The molecule has 7 nitrogen and oxygen atoms in total. The normalized spacial score (nSPS) is 9.42. The molecule has 0 amide bonds. The van der Waals surface area contributed by atoms with Crippen molar-refractivity contribution in [3.63, 3.8) is 0 Å². The van der Waals surface area contributed by atoms with E-state index in [1.54, 1.807) is 25.9 Å². The maximum absolute atomic E-state index is 10.9. The minimum absolute atomic E-state index is 0. The predicted molar refractivity (Wildman–Crippen MR) is 72.7 cm³/mol. The number of ether oxygens (including phenoxy) is 1. The Hall–Kier alpha value is -2.02. The Labute approximate surface area is 116 Å². The summed E-state index contributed by atoms with van der Waals surface area (Å²) in [7, 11) is 3.35. The van der Waals surface area contributed by atoms with Crippen LogP contribution in [0.3, 0.4) is 0 Å². The lowest BCUT2D eigenvalue weighted by molar-refractivity contribution is -0.385. The molecule has 0 bridgehead atoms. The fourth-order valence-electron chi connectivity index (χ4n) is 1.79. The van der Waals surface area contributed by atoms with Crippen LogP contribution in [-0.4, -0.2) is 30.3 Å². The molecule has 0 aliphatic carbocycles. The van der Waals surface area contributed by atoms with E-state index in [1.807, 2.05) is 0 Å². The Morgan fingerprint density at radius 2 is 2.05 bits per heavy atom. The zero-order valence-corrected chi connectivity index (χ0v) is 11.6. The Kier molecular flexibility index (Phi) is 6.07. The summed E-state index contributed by atoms with van der Waals surface area (Å²) in [5, 5.41) is 19.6. The summed E-state index contributed by atoms with van der Waals surface area (Å²) >= 11 is 0. The molecule has 0 unspecified atom stereocenters. The second-order valence-corrected chi connectivity index (χ2v) is 3.78.